The molecule has 0 aliphatic carbocycles. The quantitative estimate of drug-likeness (QED) is 0.779. The average Bonchev–Trinajstić information content (AvgIpc) is 2.36. The molecule has 0 heterocycles. The van der Waals surface area contributed by atoms with Gasteiger partial charge in [0, 0.05) is 0 Å². The van der Waals surface area contributed by atoms with Crippen LogP contribution in [0.15, 0.2) is 18.2 Å². The van der Waals surface area contributed by atoms with Crippen LogP contribution < -0.4 is 15.8 Å². The lowest BCUT2D eigenvalue weighted by Crippen LogP contribution is -2.45. The minimum atomic E-state index is -1.08. The fourth-order valence-corrected chi connectivity index (χ4v) is 1.54. The largest absolute Gasteiger partial charge is 0.495 e. The molecule has 0 aliphatic rings. The van der Waals surface area contributed by atoms with Crippen molar-refractivity contribution in [2.45, 2.75) is 26.8 Å². The number of carboxylic acids is 1. The van der Waals surface area contributed by atoms with E-state index in [1.807, 2.05) is 20.8 Å². The molecule has 0 saturated heterocycles. The lowest BCUT2D eigenvalue weighted by Gasteiger charge is -2.26. The first kappa shape index (κ1) is 16.0. The van der Waals surface area contributed by atoms with Crippen LogP contribution in [0.3, 0.4) is 0 Å². The highest BCUT2D eigenvalue weighted by atomic mass is 16.5. The van der Waals surface area contributed by atoms with Crippen molar-refractivity contribution in [2.24, 2.45) is 11.1 Å². The average molecular weight is 280 g/mol. The molecule has 1 amide bonds. The standard InChI is InChI=1S/C14H20N2O4/c1-14(2,3)11(15)12(17)16-9-7-8(13(18)19)5-6-10(9)20-4/h5-7,11H,15H2,1-4H3,(H,16,17)(H,18,19). The number of hydrogen-bond acceptors (Lipinski definition) is 4. The van der Waals surface area contributed by atoms with E-state index in [0.717, 1.165) is 0 Å². The summed E-state index contributed by atoms with van der Waals surface area (Å²) in [7, 11) is 1.44. The highest BCUT2D eigenvalue weighted by Gasteiger charge is 2.28. The zero-order valence-electron chi connectivity index (χ0n) is 12.1. The van der Waals surface area contributed by atoms with Crippen molar-refractivity contribution in [1.29, 1.82) is 0 Å². The molecule has 0 radical (unpaired) electrons. The van der Waals surface area contributed by atoms with Gasteiger partial charge >= 0.3 is 5.97 Å². The van der Waals surface area contributed by atoms with Crippen LogP contribution in [0.2, 0.25) is 0 Å². The highest BCUT2D eigenvalue weighted by molar-refractivity contribution is 5.98. The zero-order valence-corrected chi connectivity index (χ0v) is 12.1. The fourth-order valence-electron chi connectivity index (χ4n) is 1.54. The molecule has 1 aromatic rings. The van der Waals surface area contributed by atoms with E-state index in [2.05, 4.69) is 5.32 Å². The molecule has 6 nitrogen and oxygen atoms in total. The Morgan fingerprint density at radius 1 is 1.35 bits per heavy atom. The second-order valence-corrected chi connectivity index (χ2v) is 5.55. The van der Waals surface area contributed by atoms with Crippen molar-refractivity contribution in [3.63, 3.8) is 0 Å². The number of ether oxygens (including phenoxy) is 1. The summed E-state index contributed by atoms with van der Waals surface area (Å²) in [5.74, 6) is -1.09. The van der Waals surface area contributed by atoms with E-state index < -0.39 is 23.3 Å². The van der Waals surface area contributed by atoms with Gasteiger partial charge in [0.25, 0.3) is 0 Å². The molecule has 1 unspecified atom stereocenters. The Balaban J connectivity index is 3.04. The molecule has 6 heteroatoms. The molecule has 0 spiro atoms. The van der Waals surface area contributed by atoms with E-state index in [4.69, 9.17) is 15.6 Å². The van der Waals surface area contributed by atoms with Gasteiger partial charge in [0.2, 0.25) is 5.91 Å². The molecule has 0 aromatic heterocycles. The predicted molar refractivity (Wildman–Crippen MR) is 76.0 cm³/mol. The van der Waals surface area contributed by atoms with Gasteiger partial charge in [-0.2, -0.15) is 0 Å². The normalized spacial score (nSPS) is 12.7. The van der Waals surface area contributed by atoms with Crippen molar-refractivity contribution < 1.29 is 19.4 Å². The van der Waals surface area contributed by atoms with Gasteiger partial charge in [-0.3, -0.25) is 4.79 Å². The number of rotatable bonds is 4. The Bertz CT molecular complexity index is 520. The maximum absolute atomic E-state index is 12.1. The van der Waals surface area contributed by atoms with E-state index in [9.17, 15) is 9.59 Å². The number of carbonyl (C=O) groups excluding carboxylic acids is 1. The number of nitrogens with two attached hydrogens (primary N) is 1. The Morgan fingerprint density at radius 3 is 2.40 bits per heavy atom. The molecule has 0 fully saturated rings. The minimum absolute atomic E-state index is 0.0606. The third kappa shape index (κ3) is 3.71. The van der Waals surface area contributed by atoms with Crippen LogP contribution in [-0.2, 0) is 4.79 Å². The number of anilines is 1. The topological polar surface area (TPSA) is 102 Å². The molecule has 0 aliphatic heterocycles. The summed E-state index contributed by atoms with van der Waals surface area (Å²) in [4.78, 5) is 23.0. The number of methoxy groups -OCH3 is 1. The molecule has 1 aromatic carbocycles. The van der Waals surface area contributed by atoms with E-state index in [1.165, 1.54) is 25.3 Å². The Labute approximate surface area is 117 Å². The molecule has 1 rings (SSSR count). The van der Waals surface area contributed by atoms with Gasteiger partial charge in [-0.1, -0.05) is 20.8 Å². The zero-order chi connectivity index (χ0) is 15.5. The number of nitrogens with one attached hydrogen (secondary N) is 1. The summed E-state index contributed by atoms with van der Waals surface area (Å²) in [6.45, 7) is 5.55. The molecule has 4 N–H and O–H groups in total. The van der Waals surface area contributed by atoms with Crippen LogP contribution >= 0.6 is 0 Å². The molecule has 1 atom stereocenters. The Kier molecular flexibility index (Phi) is 4.73. The summed E-state index contributed by atoms with van der Waals surface area (Å²) in [6.07, 6.45) is 0. The second-order valence-electron chi connectivity index (χ2n) is 5.55. The van der Waals surface area contributed by atoms with E-state index in [-0.39, 0.29) is 11.3 Å². The van der Waals surface area contributed by atoms with Crippen molar-refractivity contribution in [3.8, 4) is 5.75 Å². The molecule has 110 valence electrons. The highest BCUT2D eigenvalue weighted by Crippen LogP contribution is 2.27. The number of carboxylic acid groups (broad SMARTS) is 1. The fraction of sp³-hybridized carbons (Fsp3) is 0.429. The number of benzene rings is 1. The maximum atomic E-state index is 12.1. The first-order valence-corrected chi connectivity index (χ1v) is 6.14. The van der Waals surface area contributed by atoms with Gasteiger partial charge < -0.3 is 20.9 Å². The van der Waals surface area contributed by atoms with Gasteiger partial charge in [0.1, 0.15) is 5.75 Å². The summed E-state index contributed by atoms with van der Waals surface area (Å²) in [5.41, 5.74) is 5.81. The molecule has 20 heavy (non-hydrogen) atoms. The number of carbonyl (C=O) groups is 2. The van der Waals surface area contributed by atoms with Crippen LogP contribution in [0.5, 0.6) is 5.75 Å². The number of amides is 1. The first-order valence-electron chi connectivity index (χ1n) is 6.14. The third-order valence-corrected chi connectivity index (χ3v) is 2.92. The van der Waals surface area contributed by atoms with E-state index in [0.29, 0.717) is 5.75 Å². The summed E-state index contributed by atoms with van der Waals surface area (Å²) in [6, 6.07) is 3.51. The van der Waals surface area contributed by atoms with Crippen molar-refractivity contribution in [3.05, 3.63) is 23.8 Å². The van der Waals surface area contributed by atoms with E-state index in [1.54, 1.807) is 0 Å². The lowest BCUT2D eigenvalue weighted by atomic mass is 9.87. The Morgan fingerprint density at radius 2 is 1.95 bits per heavy atom. The number of hydrogen-bond donors (Lipinski definition) is 3. The summed E-state index contributed by atoms with van der Waals surface area (Å²) in [5, 5.41) is 11.6. The van der Waals surface area contributed by atoms with Crippen LogP contribution in [0.1, 0.15) is 31.1 Å². The van der Waals surface area contributed by atoms with Crippen molar-refractivity contribution in [2.75, 3.05) is 12.4 Å². The predicted octanol–water partition coefficient (Wildman–Crippen LogP) is 1.71. The van der Waals surface area contributed by atoms with Crippen LogP contribution in [0.25, 0.3) is 0 Å². The minimum Gasteiger partial charge on any atom is -0.495 e. The molecule has 0 saturated carbocycles. The van der Waals surface area contributed by atoms with Crippen molar-refractivity contribution >= 4 is 17.6 Å². The van der Waals surface area contributed by atoms with Gasteiger partial charge in [-0.25, -0.2) is 4.79 Å². The van der Waals surface area contributed by atoms with Crippen LogP contribution in [-0.4, -0.2) is 30.1 Å². The van der Waals surface area contributed by atoms with Crippen LogP contribution in [0.4, 0.5) is 5.69 Å². The SMILES string of the molecule is COc1ccc(C(=O)O)cc1NC(=O)C(N)C(C)(C)C. The van der Waals surface area contributed by atoms with Crippen molar-refractivity contribution in [1.82, 2.24) is 0 Å². The summed E-state index contributed by atoms with van der Waals surface area (Å²) < 4.78 is 5.10. The van der Waals surface area contributed by atoms with Crippen LogP contribution in [0, 0.1) is 5.41 Å². The van der Waals surface area contributed by atoms with Gasteiger partial charge in [-0.05, 0) is 23.6 Å². The second kappa shape index (κ2) is 5.92. The smallest absolute Gasteiger partial charge is 0.335 e. The molecule has 0 bridgehead atoms. The van der Waals surface area contributed by atoms with Gasteiger partial charge in [0.05, 0.1) is 24.4 Å². The third-order valence-electron chi connectivity index (χ3n) is 2.92. The van der Waals surface area contributed by atoms with Gasteiger partial charge in [0.15, 0.2) is 0 Å². The Hall–Kier alpha value is -2.08. The lowest BCUT2D eigenvalue weighted by molar-refractivity contribution is -0.119. The molecular formula is C14H20N2O4. The van der Waals surface area contributed by atoms with Gasteiger partial charge in [-0.15, -0.1) is 0 Å². The van der Waals surface area contributed by atoms with E-state index >= 15 is 0 Å². The molecular weight excluding hydrogens is 260 g/mol. The summed E-state index contributed by atoms with van der Waals surface area (Å²) >= 11 is 0. The first-order chi connectivity index (χ1) is 9.16. The maximum Gasteiger partial charge on any atom is 0.335 e. The monoisotopic (exact) mass is 280 g/mol. The number of aromatic carboxylic acids is 1.